The van der Waals surface area contributed by atoms with Crippen molar-refractivity contribution >= 4 is 33.5 Å². The minimum absolute atomic E-state index is 0.0886. The average molecular weight is 400 g/mol. The van der Waals surface area contributed by atoms with Gasteiger partial charge in [-0.25, -0.2) is 4.79 Å². The van der Waals surface area contributed by atoms with Crippen LogP contribution in [0, 0.1) is 11.3 Å². The van der Waals surface area contributed by atoms with Crippen molar-refractivity contribution in [3.05, 3.63) is 75.9 Å². The maximum Gasteiger partial charge on any atom is 0.335 e. The van der Waals surface area contributed by atoms with Gasteiger partial charge < -0.3 is 15.7 Å². The van der Waals surface area contributed by atoms with Crippen molar-refractivity contribution in [1.82, 2.24) is 5.32 Å². The van der Waals surface area contributed by atoms with Crippen LogP contribution in [-0.4, -0.2) is 17.0 Å². The lowest BCUT2D eigenvalue weighted by Gasteiger charge is -2.06. The Bertz CT molecular complexity index is 855. The van der Waals surface area contributed by atoms with Crippen LogP contribution in [0.4, 0.5) is 5.69 Å². The number of hydrogen-bond acceptors (Lipinski definition) is 4. The molecule has 25 heavy (non-hydrogen) atoms. The van der Waals surface area contributed by atoms with Crippen molar-refractivity contribution in [1.29, 1.82) is 5.26 Å². The molecule has 0 aliphatic rings. The van der Waals surface area contributed by atoms with E-state index in [1.165, 1.54) is 30.5 Å². The molecule has 126 valence electrons. The maximum atomic E-state index is 12.1. The summed E-state index contributed by atoms with van der Waals surface area (Å²) in [5, 5.41) is 23.5. The molecule has 0 spiro atoms. The first-order valence-corrected chi connectivity index (χ1v) is 8.02. The molecule has 0 fully saturated rings. The first-order valence-electron chi connectivity index (χ1n) is 7.23. The van der Waals surface area contributed by atoms with Crippen molar-refractivity contribution in [3.8, 4) is 6.07 Å². The van der Waals surface area contributed by atoms with Gasteiger partial charge in [-0.3, -0.25) is 4.79 Å². The molecule has 0 aromatic heterocycles. The van der Waals surface area contributed by atoms with Gasteiger partial charge in [0.25, 0.3) is 5.91 Å². The molecule has 0 heterocycles. The fourth-order valence-electron chi connectivity index (χ4n) is 1.95. The second-order valence-corrected chi connectivity index (χ2v) is 5.83. The van der Waals surface area contributed by atoms with Gasteiger partial charge in [-0.05, 0) is 35.9 Å². The molecule has 0 saturated carbocycles. The number of carboxylic acid groups (broad SMARTS) is 1. The number of benzene rings is 2. The van der Waals surface area contributed by atoms with Crippen molar-refractivity contribution in [3.63, 3.8) is 0 Å². The zero-order valence-electron chi connectivity index (χ0n) is 13.0. The lowest BCUT2D eigenvalue weighted by atomic mass is 10.2. The second-order valence-electron chi connectivity index (χ2n) is 4.98. The van der Waals surface area contributed by atoms with Gasteiger partial charge in [0.15, 0.2) is 0 Å². The topological polar surface area (TPSA) is 102 Å². The highest BCUT2D eigenvalue weighted by Gasteiger charge is 2.10. The third kappa shape index (κ3) is 5.19. The number of nitriles is 1. The Hall–Kier alpha value is -3.11. The lowest BCUT2D eigenvalue weighted by molar-refractivity contribution is -0.112. The van der Waals surface area contributed by atoms with E-state index >= 15 is 0 Å². The van der Waals surface area contributed by atoms with E-state index in [1.807, 2.05) is 30.3 Å². The average Bonchev–Trinajstić information content (AvgIpc) is 2.60. The highest BCUT2D eigenvalue weighted by Crippen LogP contribution is 2.15. The van der Waals surface area contributed by atoms with Crippen molar-refractivity contribution in [2.75, 3.05) is 5.32 Å². The number of rotatable bonds is 6. The standard InChI is InChI=1S/C18H14BrN3O3/c19-16-4-2-1-3-13(16)10-21-11-14(9-20)17(23)22-15-7-5-12(6-8-15)18(24)25/h1-8,11,21H,10H2,(H,22,23)(H,24,25)/b14-11-. The SMILES string of the molecule is N#C/C(=C/NCc1ccccc1Br)C(=O)Nc1ccc(C(=O)O)cc1. The van der Waals surface area contributed by atoms with Gasteiger partial charge >= 0.3 is 5.97 Å². The Kier molecular flexibility index (Phi) is 6.32. The number of aromatic carboxylic acids is 1. The van der Waals surface area contributed by atoms with E-state index in [9.17, 15) is 9.59 Å². The largest absolute Gasteiger partial charge is 0.478 e. The molecule has 2 aromatic rings. The monoisotopic (exact) mass is 399 g/mol. The van der Waals surface area contributed by atoms with Crippen molar-refractivity contribution in [2.45, 2.75) is 6.54 Å². The van der Waals surface area contributed by atoms with Gasteiger partial charge in [-0.15, -0.1) is 0 Å². The predicted octanol–water partition coefficient (Wildman–Crippen LogP) is 3.28. The number of carbonyl (C=O) groups excluding carboxylic acids is 1. The summed E-state index contributed by atoms with van der Waals surface area (Å²) >= 11 is 3.42. The van der Waals surface area contributed by atoms with Gasteiger partial charge in [-0.2, -0.15) is 5.26 Å². The molecule has 6 nitrogen and oxygen atoms in total. The molecule has 0 atom stereocenters. The first-order chi connectivity index (χ1) is 12.0. The van der Waals surface area contributed by atoms with E-state index in [-0.39, 0.29) is 11.1 Å². The smallest absolute Gasteiger partial charge is 0.335 e. The van der Waals surface area contributed by atoms with Crippen molar-refractivity contribution in [2.24, 2.45) is 0 Å². The quantitative estimate of drug-likeness (QED) is 0.510. The number of nitrogens with zero attached hydrogens (tertiary/aromatic N) is 1. The van der Waals surface area contributed by atoms with Crippen LogP contribution in [0.5, 0.6) is 0 Å². The van der Waals surface area contributed by atoms with Crippen LogP contribution in [0.1, 0.15) is 15.9 Å². The minimum atomic E-state index is -1.05. The molecule has 2 rings (SSSR count). The fraction of sp³-hybridized carbons (Fsp3) is 0.0556. The van der Waals surface area contributed by atoms with Gasteiger partial charge in [0.2, 0.25) is 0 Å². The van der Waals surface area contributed by atoms with Gasteiger partial charge in [-0.1, -0.05) is 34.1 Å². The zero-order valence-corrected chi connectivity index (χ0v) is 14.6. The maximum absolute atomic E-state index is 12.1. The van der Waals surface area contributed by atoms with E-state index in [2.05, 4.69) is 26.6 Å². The fourth-order valence-corrected chi connectivity index (χ4v) is 2.37. The van der Waals surface area contributed by atoms with Crippen LogP contribution in [0.25, 0.3) is 0 Å². The summed E-state index contributed by atoms with van der Waals surface area (Å²) in [6, 6.07) is 15.1. The molecule has 1 amide bonds. The molecule has 2 aromatic carbocycles. The summed E-state index contributed by atoms with van der Waals surface area (Å²) in [5.41, 5.74) is 1.42. The second kappa shape index (κ2) is 8.66. The number of nitrogens with one attached hydrogen (secondary N) is 2. The summed E-state index contributed by atoms with van der Waals surface area (Å²) < 4.78 is 0.928. The van der Waals surface area contributed by atoms with Crippen LogP contribution in [0.3, 0.4) is 0 Å². The van der Waals surface area contributed by atoms with E-state index in [1.54, 1.807) is 0 Å². The normalized spacial score (nSPS) is 10.6. The lowest BCUT2D eigenvalue weighted by Crippen LogP contribution is -2.16. The molecule has 7 heteroatoms. The Labute approximate surface area is 152 Å². The zero-order chi connectivity index (χ0) is 18.2. The highest BCUT2D eigenvalue weighted by molar-refractivity contribution is 9.10. The summed E-state index contributed by atoms with van der Waals surface area (Å²) in [4.78, 5) is 22.9. The third-order valence-corrected chi connectivity index (χ3v) is 4.03. The van der Waals surface area contributed by atoms with Crippen LogP contribution in [-0.2, 0) is 11.3 Å². The van der Waals surface area contributed by atoms with E-state index in [4.69, 9.17) is 10.4 Å². The van der Waals surface area contributed by atoms with Crippen molar-refractivity contribution < 1.29 is 14.7 Å². The first kappa shape index (κ1) is 18.2. The van der Waals surface area contributed by atoms with Crippen LogP contribution >= 0.6 is 15.9 Å². The van der Waals surface area contributed by atoms with Gasteiger partial charge in [0.1, 0.15) is 11.6 Å². The number of hydrogen-bond donors (Lipinski definition) is 3. The molecule has 0 aliphatic carbocycles. The van der Waals surface area contributed by atoms with Crippen LogP contribution in [0.15, 0.2) is 64.8 Å². The van der Waals surface area contributed by atoms with E-state index in [0.29, 0.717) is 12.2 Å². The Morgan fingerprint density at radius 1 is 1.16 bits per heavy atom. The molecule has 0 bridgehead atoms. The molecule has 0 radical (unpaired) electrons. The Morgan fingerprint density at radius 3 is 2.44 bits per heavy atom. The van der Waals surface area contributed by atoms with Crippen LogP contribution < -0.4 is 10.6 Å². The third-order valence-electron chi connectivity index (χ3n) is 3.25. The summed E-state index contributed by atoms with van der Waals surface area (Å²) in [6.07, 6.45) is 1.35. The molecule has 0 unspecified atom stereocenters. The van der Waals surface area contributed by atoms with Crippen LogP contribution in [0.2, 0.25) is 0 Å². The molecule has 0 saturated heterocycles. The molecule has 0 aliphatic heterocycles. The van der Waals surface area contributed by atoms with E-state index < -0.39 is 11.9 Å². The minimum Gasteiger partial charge on any atom is -0.478 e. The Morgan fingerprint density at radius 2 is 1.84 bits per heavy atom. The summed E-state index contributed by atoms with van der Waals surface area (Å²) in [6.45, 7) is 0.452. The molecule has 3 N–H and O–H groups in total. The Balaban J connectivity index is 1.99. The van der Waals surface area contributed by atoms with E-state index in [0.717, 1.165) is 10.0 Å². The number of halogens is 1. The highest BCUT2D eigenvalue weighted by atomic mass is 79.9. The molecular weight excluding hydrogens is 386 g/mol. The summed E-state index contributed by atoms with van der Waals surface area (Å²) in [7, 11) is 0. The number of carbonyl (C=O) groups is 2. The van der Waals surface area contributed by atoms with Gasteiger partial charge in [0.05, 0.1) is 5.56 Å². The number of carboxylic acids is 1. The molecular formula is C18H14BrN3O3. The number of amides is 1. The van der Waals surface area contributed by atoms with Gasteiger partial charge in [0, 0.05) is 22.9 Å². The predicted molar refractivity (Wildman–Crippen MR) is 96.7 cm³/mol. The number of anilines is 1. The summed E-state index contributed by atoms with van der Waals surface area (Å²) in [5.74, 6) is -1.63.